The number of anilines is 1. The molecular formula is C12H16N4O2. The molecule has 6 heteroatoms. The summed E-state index contributed by atoms with van der Waals surface area (Å²) in [6.07, 6.45) is 4.73. The average Bonchev–Trinajstić information content (AvgIpc) is 2.72. The van der Waals surface area contributed by atoms with E-state index in [1.807, 2.05) is 6.92 Å². The largest absolute Gasteiger partial charge is 0.480 e. The SMILES string of the molecule is CCCC(Nc1ccnc2c1cnn2C)C(=O)O. The molecule has 0 aliphatic rings. The highest BCUT2D eigenvalue weighted by atomic mass is 16.4. The Morgan fingerprint density at radius 2 is 2.39 bits per heavy atom. The fourth-order valence-electron chi connectivity index (χ4n) is 1.91. The van der Waals surface area contributed by atoms with Crippen molar-refractivity contribution in [2.24, 2.45) is 7.05 Å². The van der Waals surface area contributed by atoms with Crippen LogP contribution in [0.1, 0.15) is 19.8 Å². The van der Waals surface area contributed by atoms with Gasteiger partial charge in [0.2, 0.25) is 0 Å². The molecule has 0 saturated carbocycles. The highest BCUT2D eigenvalue weighted by Gasteiger charge is 2.17. The van der Waals surface area contributed by atoms with E-state index in [9.17, 15) is 4.79 Å². The number of rotatable bonds is 5. The summed E-state index contributed by atoms with van der Waals surface area (Å²) in [6, 6.07) is 1.19. The number of aliphatic carboxylic acids is 1. The molecule has 0 fully saturated rings. The van der Waals surface area contributed by atoms with Gasteiger partial charge in [0, 0.05) is 18.9 Å². The van der Waals surface area contributed by atoms with Crippen molar-refractivity contribution >= 4 is 22.7 Å². The van der Waals surface area contributed by atoms with Crippen LogP contribution in [0.25, 0.3) is 11.0 Å². The van der Waals surface area contributed by atoms with E-state index >= 15 is 0 Å². The molecule has 2 heterocycles. The number of nitrogens with zero attached hydrogens (tertiary/aromatic N) is 3. The van der Waals surface area contributed by atoms with Gasteiger partial charge in [0.25, 0.3) is 0 Å². The standard InChI is InChI=1S/C12H16N4O2/c1-3-4-10(12(17)18)15-9-5-6-13-11-8(9)7-14-16(11)2/h5-7,10H,3-4H2,1-2H3,(H,13,15)(H,17,18). The highest BCUT2D eigenvalue weighted by Crippen LogP contribution is 2.21. The summed E-state index contributed by atoms with van der Waals surface area (Å²) in [5, 5.41) is 17.1. The van der Waals surface area contributed by atoms with Crippen molar-refractivity contribution in [1.82, 2.24) is 14.8 Å². The van der Waals surface area contributed by atoms with Crippen LogP contribution in [-0.2, 0) is 11.8 Å². The van der Waals surface area contributed by atoms with E-state index in [1.54, 1.807) is 30.2 Å². The summed E-state index contributed by atoms with van der Waals surface area (Å²) in [5.74, 6) is -0.842. The molecule has 2 aromatic rings. The second kappa shape index (κ2) is 5.03. The molecule has 2 aromatic heterocycles. The predicted octanol–water partition coefficient (Wildman–Crippen LogP) is 1.63. The van der Waals surface area contributed by atoms with Crippen LogP contribution in [0.15, 0.2) is 18.5 Å². The molecular weight excluding hydrogens is 232 g/mol. The second-order valence-electron chi connectivity index (χ2n) is 4.19. The zero-order valence-electron chi connectivity index (χ0n) is 10.4. The van der Waals surface area contributed by atoms with Crippen molar-refractivity contribution in [3.05, 3.63) is 18.5 Å². The Hall–Kier alpha value is -2.11. The lowest BCUT2D eigenvalue weighted by atomic mass is 10.1. The van der Waals surface area contributed by atoms with Crippen LogP contribution in [0.3, 0.4) is 0 Å². The van der Waals surface area contributed by atoms with E-state index < -0.39 is 12.0 Å². The molecule has 0 aromatic carbocycles. The quantitative estimate of drug-likeness (QED) is 0.840. The van der Waals surface area contributed by atoms with Crippen molar-refractivity contribution in [1.29, 1.82) is 0 Å². The molecule has 0 saturated heterocycles. The Kier molecular flexibility index (Phi) is 3.45. The Morgan fingerprint density at radius 3 is 3.06 bits per heavy atom. The third-order valence-corrected chi connectivity index (χ3v) is 2.84. The van der Waals surface area contributed by atoms with Crippen LogP contribution in [0.4, 0.5) is 5.69 Å². The van der Waals surface area contributed by atoms with Crippen molar-refractivity contribution < 1.29 is 9.90 Å². The van der Waals surface area contributed by atoms with Crippen LogP contribution in [0.5, 0.6) is 0 Å². The normalized spacial score (nSPS) is 12.6. The van der Waals surface area contributed by atoms with Gasteiger partial charge in [-0.15, -0.1) is 0 Å². The molecule has 0 radical (unpaired) electrons. The smallest absolute Gasteiger partial charge is 0.326 e. The van der Waals surface area contributed by atoms with Crippen LogP contribution in [0.2, 0.25) is 0 Å². The minimum Gasteiger partial charge on any atom is -0.480 e. The molecule has 0 bridgehead atoms. The molecule has 18 heavy (non-hydrogen) atoms. The Labute approximate surface area is 105 Å². The van der Waals surface area contributed by atoms with Gasteiger partial charge in [0.05, 0.1) is 11.6 Å². The van der Waals surface area contributed by atoms with Crippen LogP contribution >= 0.6 is 0 Å². The van der Waals surface area contributed by atoms with Gasteiger partial charge in [-0.05, 0) is 12.5 Å². The Balaban J connectivity index is 2.33. The summed E-state index contributed by atoms with van der Waals surface area (Å²) in [5.41, 5.74) is 1.49. The molecule has 0 spiro atoms. The minimum absolute atomic E-state index is 0.583. The van der Waals surface area contributed by atoms with Gasteiger partial charge >= 0.3 is 5.97 Å². The number of hydrogen-bond donors (Lipinski definition) is 2. The highest BCUT2D eigenvalue weighted by molar-refractivity contribution is 5.90. The number of nitrogens with one attached hydrogen (secondary N) is 1. The molecule has 1 unspecified atom stereocenters. The first-order valence-corrected chi connectivity index (χ1v) is 5.89. The molecule has 1 atom stereocenters. The van der Waals surface area contributed by atoms with Gasteiger partial charge in [-0.3, -0.25) is 4.68 Å². The maximum atomic E-state index is 11.1. The maximum Gasteiger partial charge on any atom is 0.326 e. The van der Waals surface area contributed by atoms with Crippen LogP contribution in [-0.4, -0.2) is 31.9 Å². The molecule has 2 N–H and O–H groups in total. The number of aryl methyl sites for hydroxylation is 1. The topological polar surface area (TPSA) is 80.0 Å². The van der Waals surface area contributed by atoms with Gasteiger partial charge < -0.3 is 10.4 Å². The van der Waals surface area contributed by atoms with Gasteiger partial charge in [-0.2, -0.15) is 5.10 Å². The molecule has 0 aliphatic carbocycles. The van der Waals surface area contributed by atoms with Crippen molar-refractivity contribution in [3.8, 4) is 0 Å². The summed E-state index contributed by atoms with van der Waals surface area (Å²) >= 11 is 0. The van der Waals surface area contributed by atoms with Crippen molar-refractivity contribution in [3.63, 3.8) is 0 Å². The Bertz CT molecular complexity index is 564. The number of carbonyl (C=O) groups is 1. The molecule has 0 aliphatic heterocycles. The lowest BCUT2D eigenvalue weighted by Gasteiger charge is -2.15. The lowest BCUT2D eigenvalue weighted by molar-refractivity contribution is -0.138. The number of aromatic nitrogens is 3. The van der Waals surface area contributed by atoms with Gasteiger partial charge in [0.15, 0.2) is 5.65 Å². The summed E-state index contributed by atoms with van der Waals surface area (Å²) in [6.45, 7) is 1.96. The fraction of sp³-hybridized carbons (Fsp3) is 0.417. The van der Waals surface area contributed by atoms with Gasteiger partial charge in [-0.25, -0.2) is 9.78 Å². The monoisotopic (exact) mass is 248 g/mol. The summed E-state index contributed by atoms with van der Waals surface area (Å²) < 4.78 is 1.66. The average molecular weight is 248 g/mol. The first kappa shape index (κ1) is 12.3. The first-order valence-electron chi connectivity index (χ1n) is 5.89. The van der Waals surface area contributed by atoms with E-state index in [0.29, 0.717) is 6.42 Å². The van der Waals surface area contributed by atoms with E-state index in [4.69, 9.17) is 5.11 Å². The predicted molar refractivity (Wildman–Crippen MR) is 68.5 cm³/mol. The van der Waals surface area contributed by atoms with E-state index in [0.717, 1.165) is 23.1 Å². The van der Waals surface area contributed by atoms with Gasteiger partial charge in [0.1, 0.15) is 6.04 Å². The van der Waals surface area contributed by atoms with Crippen LogP contribution in [0, 0.1) is 0 Å². The zero-order chi connectivity index (χ0) is 13.1. The minimum atomic E-state index is -0.842. The zero-order valence-corrected chi connectivity index (χ0v) is 10.4. The van der Waals surface area contributed by atoms with Gasteiger partial charge in [-0.1, -0.05) is 13.3 Å². The molecule has 2 rings (SSSR count). The fourth-order valence-corrected chi connectivity index (χ4v) is 1.91. The number of pyridine rings is 1. The third kappa shape index (κ3) is 2.27. The number of fused-ring (bicyclic) bond motifs is 1. The number of carboxylic acids is 1. The molecule has 0 amide bonds. The van der Waals surface area contributed by atoms with E-state index in [-0.39, 0.29) is 0 Å². The molecule has 6 nitrogen and oxygen atoms in total. The summed E-state index contributed by atoms with van der Waals surface area (Å²) in [4.78, 5) is 15.3. The number of carboxylic acid groups (broad SMARTS) is 1. The third-order valence-electron chi connectivity index (χ3n) is 2.84. The Morgan fingerprint density at radius 1 is 1.61 bits per heavy atom. The van der Waals surface area contributed by atoms with Crippen LogP contribution < -0.4 is 5.32 Å². The lowest BCUT2D eigenvalue weighted by Crippen LogP contribution is -2.29. The van der Waals surface area contributed by atoms with E-state index in [2.05, 4.69) is 15.4 Å². The first-order chi connectivity index (χ1) is 8.63. The second-order valence-corrected chi connectivity index (χ2v) is 4.19. The number of hydrogen-bond acceptors (Lipinski definition) is 4. The van der Waals surface area contributed by atoms with E-state index in [1.165, 1.54) is 0 Å². The maximum absolute atomic E-state index is 11.1. The van der Waals surface area contributed by atoms with Crippen molar-refractivity contribution in [2.45, 2.75) is 25.8 Å². The van der Waals surface area contributed by atoms with Crippen molar-refractivity contribution in [2.75, 3.05) is 5.32 Å². The molecule has 96 valence electrons. The summed E-state index contributed by atoms with van der Waals surface area (Å²) in [7, 11) is 1.81.